The molecule has 0 amide bonds. The molecule has 6 nitrogen and oxygen atoms in total. The summed E-state index contributed by atoms with van der Waals surface area (Å²) in [6.07, 6.45) is 1.75. The molecule has 2 rings (SSSR count). The van der Waals surface area contributed by atoms with E-state index in [9.17, 15) is 4.79 Å². The molecule has 0 aliphatic heterocycles. The Hall–Kier alpha value is -1.66. The van der Waals surface area contributed by atoms with Crippen LogP contribution < -0.4 is 11.0 Å². The van der Waals surface area contributed by atoms with Gasteiger partial charge in [-0.2, -0.15) is 0 Å². The van der Waals surface area contributed by atoms with Gasteiger partial charge >= 0.3 is 5.69 Å². The summed E-state index contributed by atoms with van der Waals surface area (Å²) in [6.45, 7) is 9.80. The highest BCUT2D eigenvalue weighted by atomic mass is 16.2. The minimum atomic E-state index is -0.0776. The van der Waals surface area contributed by atoms with Gasteiger partial charge in [0.1, 0.15) is 0 Å². The molecule has 0 saturated carbocycles. The quantitative estimate of drug-likeness (QED) is 0.711. The molecule has 0 saturated heterocycles. The van der Waals surface area contributed by atoms with Gasteiger partial charge in [-0.05, 0) is 25.2 Å². The zero-order valence-electron chi connectivity index (χ0n) is 12.2. The summed E-state index contributed by atoms with van der Waals surface area (Å²) >= 11 is 0. The van der Waals surface area contributed by atoms with Crippen LogP contribution >= 0.6 is 0 Å². The Labute approximate surface area is 119 Å². The number of hydrogen-bond acceptors (Lipinski definition) is 4. The zero-order chi connectivity index (χ0) is 14.4. The van der Waals surface area contributed by atoms with E-state index in [1.54, 1.807) is 10.6 Å². The molecule has 0 atom stereocenters. The molecule has 2 heterocycles. The summed E-state index contributed by atoms with van der Waals surface area (Å²) in [6, 6.07) is 5.56. The summed E-state index contributed by atoms with van der Waals surface area (Å²) in [7, 11) is 0. The fourth-order valence-electron chi connectivity index (χ4n) is 2.20. The van der Waals surface area contributed by atoms with E-state index < -0.39 is 0 Å². The van der Waals surface area contributed by atoms with Gasteiger partial charge in [-0.15, -0.1) is 5.10 Å². The van der Waals surface area contributed by atoms with E-state index in [1.807, 2.05) is 18.2 Å². The van der Waals surface area contributed by atoms with Gasteiger partial charge in [0.2, 0.25) is 0 Å². The van der Waals surface area contributed by atoms with E-state index in [-0.39, 0.29) is 5.69 Å². The maximum atomic E-state index is 12.0. The highest BCUT2D eigenvalue weighted by Gasteiger charge is 2.05. The van der Waals surface area contributed by atoms with Crippen LogP contribution in [0.25, 0.3) is 5.65 Å². The van der Waals surface area contributed by atoms with E-state index in [4.69, 9.17) is 0 Å². The van der Waals surface area contributed by atoms with Crippen LogP contribution in [0.4, 0.5) is 0 Å². The number of pyridine rings is 1. The molecule has 0 aliphatic rings. The van der Waals surface area contributed by atoms with E-state index in [0.717, 1.165) is 32.7 Å². The Kier molecular flexibility index (Phi) is 5.31. The van der Waals surface area contributed by atoms with E-state index >= 15 is 0 Å². The van der Waals surface area contributed by atoms with Crippen LogP contribution in [0.5, 0.6) is 0 Å². The Bertz CT molecular complexity index is 585. The fourth-order valence-corrected chi connectivity index (χ4v) is 2.20. The van der Waals surface area contributed by atoms with E-state index in [2.05, 4.69) is 29.2 Å². The Morgan fingerprint density at radius 1 is 1.25 bits per heavy atom. The first-order valence-electron chi connectivity index (χ1n) is 7.23. The molecule has 20 heavy (non-hydrogen) atoms. The van der Waals surface area contributed by atoms with Gasteiger partial charge in [0.15, 0.2) is 5.65 Å². The number of fused-ring (bicyclic) bond motifs is 1. The van der Waals surface area contributed by atoms with Crippen molar-refractivity contribution in [2.45, 2.75) is 20.4 Å². The van der Waals surface area contributed by atoms with Crippen LogP contribution in [0, 0.1) is 0 Å². The minimum Gasteiger partial charge on any atom is -0.314 e. The van der Waals surface area contributed by atoms with Gasteiger partial charge in [0, 0.05) is 25.8 Å². The second-order valence-electron chi connectivity index (χ2n) is 4.71. The molecular weight excluding hydrogens is 254 g/mol. The van der Waals surface area contributed by atoms with Crippen molar-refractivity contribution in [1.29, 1.82) is 0 Å². The smallest absolute Gasteiger partial charge is 0.314 e. The van der Waals surface area contributed by atoms with Crippen LogP contribution in [0.3, 0.4) is 0 Å². The minimum absolute atomic E-state index is 0.0776. The Morgan fingerprint density at radius 3 is 2.75 bits per heavy atom. The first kappa shape index (κ1) is 14.7. The Balaban J connectivity index is 1.81. The highest BCUT2D eigenvalue weighted by molar-refractivity contribution is 5.35. The van der Waals surface area contributed by atoms with Crippen molar-refractivity contribution in [3.8, 4) is 0 Å². The average molecular weight is 277 g/mol. The van der Waals surface area contributed by atoms with Gasteiger partial charge in [0.05, 0.1) is 6.54 Å². The van der Waals surface area contributed by atoms with Crippen LogP contribution in [-0.4, -0.2) is 51.8 Å². The van der Waals surface area contributed by atoms with Crippen LogP contribution in [-0.2, 0) is 6.54 Å². The molecule has 0 unspecified atom stereocenters. The van der Waals surface area contributed by atoms with E-state index in [1.165, 1.54) is 4.68 Å². The lowest BCUT2D eigenvalue weighted by Gasteiger charge is -2.17. The SMILES string of the molecule is CCN(CC)CCNCCn1nc2ccccn2c1=O. The zero-order valence-corrected chi connectivity index (χ0v) is 12.2. The standard InChI is InChI=1S/C14H23N5O/c1-3-17(4-2)11-8-15-9-12-19-14(20)18-10-6-5-7-13(18)16-19/h5-7,10,15H,3-4,8-9,11-12H2,1-2H3. The maximum Gasteiger partial charge on any atom is 0.350 e. The number of likely N-dealkylation sites (N-methyl/N-ethyl adjacent to an activating group) is 1. The molecule has 0 spiro atoms. The highest BCUT2D eigenvalue weighted by Crippen LogP contribution is 1.94. The molecule has 1 N–H and O–H groups in total. The lowest BCUT2D eigenvalue weighted by molar-refractivity contribution is 0.301. The molecule has 2 aromatic rings. The normalized spacial score (nSPS) is 11.6. The second-order valence-corrected chi connectivity index (χ2v) is 4.71. The predicted octanol–water partition coefficient (Wildman–Crippen LogP) is 0.427. The van der Waals surface area contributed by atoms with Crippen LogP contribution in [0.2, 0.25) is 0 Å². The van der Waals surface area contributed by atoms with Crippen LogP contribution in [0.15, 0.2) is 29.2 Å². The molecule has 0 aliphatic carbocycles. The van der Waals surface area contributed by atoms with Crippen molar-refractivity contribution in [2.24, 2.45) is 0 Å². The van der Waals surface area contributed by atoms with Gasteiger partial charge in [0.25, 0.3) is 0 Å². The van der Waals surface area contributed by atoms with Crippen molar-refractivity contribution in [2.75, 3.05) is 32.7 Å². The summed E-state index contributed by atoms with van der Waals surface area (Å²) in [5.41, 5.74) is 0.617. The largest absolute Gasteiger partial charge is 0.350 e. The molecule has 0 bridgehead atoms. The Morgan fingerprint density at radius 2 is 2.05 bits per heavy atom. The summed E-state index contributed by atoms with van der Waals surface area (Å²) < 4.78 is 3.08. The fraction of sp³-hybridized carbons (Fsp3) is 0.571. The van der Waals surface area contributed by atoms with Crippen LogP contribution in [0.1, 0.15) is 13.8 Å². The summed E-state index contributed by atoms with van der Waals surface area (Å²) in [5, 5.41) is 7.65. The maximum absolute atomic E-state index is 12.0. The number of nitrogens with one attached hydrogen (secondary N) is 1. The van der Waals surface area contributed by atoms with Crippen molar-refractivity contribution in [3.63, 3.8) is 0 Å². The second kappa shape index (κ2) is 7.21. The van der Waals surface area contributed by atoms with Crippen molar-refractivity contribution in [1.82, 2.24) is 24.4 Å². The molecule has 0 fully saturated rings. The molecule has 0 aromatic carbocycles. The number of hydrogen-bond donors (Lipinski definition) is 1. The van der Waals surface area contributed by atoms with Gasteiger partial charge in [-0.25, -0.2) is 9.48 Å². The average Bonchev–Trinajstić information content (AvgIpc) is 2.80. The monoisotopic (exact) mass is 277 g/mol. The third-order valence-corrected chi connectivity index (χ3v) is 3.49. The lowest BCUT2D eigenvalue weighted by atomic mass is 10.4. The van der Waals surface area contributed by atoms with E-state index in [0.29, 0.717) is 12.2 Å². The van der Waals surface area contributed by atoms with Gasteiger partial charge in [-0.3, -0.25) is 4.40 Å². The lowest BCUT2D eigenvalue weighted by Crippen LogP contribution is -2.34. The molecule has 6 heteroatoms. The van der Waals surface area contributed by atoms with Gasteiger partial charge in [-0.1, -0.05) is 19.9 Å². The molecule has 2 aromatic heterocycles. The number of rotatable bonds is 8. The first-order chi connectivity index (χ1) is 9.76. The van der Waals surface area contributed by atoms with Crippen molar-refractivity contribution in [3.05, 3.63) is 34.9 Å². The topological polar surface area (TPSA) is 54.6 Å². The molecule has 110 valence electrons. The number of aromatic nitrogens is 3. The first-order valence-corrected chi connectivity index (χ1v) is 7.23. The van der Waals surface area contributed by atoms with Crippen molar-refractivity contribution >= 4 is 5.65 Å². The third-order valence-electron chi connectivity index (χ3n) is 3.49. The molecule has 0 radical (unpaired) electrons. The summed E-state index contributed by atoms with van der Waals surface area (Å²) in [5.74, 6) is 0. The van der Waals surface area contributed by atoms with Crippen molar-refractivity contribution < 1.29 is 0 Å². The third kappa shape index (κ3) is 3.46. The van der Waals surface area contributed by atoms with Gasteiger partial charge < -0.3 is 10.2 Å². The summed E-state index contributed by atoms with van der Waals surface area (Å²) in [4.78, 5) is 14.4. The molecular formula is C14H23N5O. The number of nitrogens with zero attached hydrogens (tertiary/aromatic N) is 4. The predicted molar refractivity (Wildman–Crippen MR) is 80.1 cm³/mol.